The molecule has 0 radical (unpaired) electrons. The number of halogens is 1. The van der Waals surface area contributed by atoms with Crippen LogP contribution in [-0.2, 0) is 11.2 Å². The van der Waals surface area contributed by atoms with Crippen LogP contribution in [0.2, 0.25) is 0 Å². The molecule has 1 unspecified atom stereocenters. The van der Waals surface area contributed by atoms with Gasteiger partial charge in [-0.1, -0.05) is 28.1 Å². The minimum absolute atomic E-state index is 0.0248. The molecule has 0 aromatic heterocycles. The molecular formula is C10H10BrNO4. The van der Waals surface area contributed by atoms with E-state index in [9.17, 15) is 14.9 Å². The van der Waals surface area contributed by atoms with Crippen molar-refractivity contribution in [3.63, 3.8) is 0 Å². The molecule has 5 nitrogen and oxygen atoms in total. The highest BCUT2D eigenvalue weighted by Crippen LogP contribution is 2.17. The minimum Gasteiger partial charge on any atom is -0.481 e. The first kappa shape index (κ1) is 12.6. The van der Waals surface area contributed by atoms with Gasteiger partial charge in [0.05, 0.1) is 11.3 Å². The van der Waals surface area contributed by atoms with Crippen molar-refractivity contribution in [3.05, 3.63) is 39.9 Å². The average Bonchev–Trinajstić information content (AvgIpc) is 2.16. The van der Waals surface area contributed by atoms with Crippen LogP contribution in [0.4, 0.5) is 5.69 Å². The first-order valence-corrected chi connectivity index (χ1v) is 5.50. The monoisotopic (exact) mass is 287 g/mol. The Morgan fingerprint density at radius 2 is 2.00 bits per heavy atom. The molecule has 0 saturated carbocycles. The number of non-ortho nitro benzene ring substituents is 1. The van der Waals surface area contributed by atoms with E-state index in [1.54, 1.807) is 12.1 Å². The van der Waals surface area contributed by atoms with Gasteiger partial charge >= 0.3 is 5.97 Å². The second-order valence-corrected chi connectivity index (χ2v) is 4.62. The zero-order chi connectivity index (χ0) is 12.1. The molecular weight excluding hydrogens is 278 g/mol. The first-order valence-electron chi connectivity index (χ1n) is 4.58. The highest BCUT2D eigenvalue weighted by atomic mass is 79.9. The topological polar surface area (TPSA) is 80.4 Å². The lowest BCUT2D eigenvalue weighted by Gasteiger charge is -2.06. The molecule has 0 heterocycles. The lowest BCUT2D eigenvalue weighted by Crippen LogP contribution is -2.09. The number of hydrogen-bond donors (Lipinski definition) is 1. The lowest BCUT2D eigenvalue weighted by molar-refractivity contribution is -0.384. The highest BCUT2D eigenvalue weighted by Gasteiger charge is 2.11. The van der Waals surface area contributed by atoms with Gasteiger partial charge in [0.1, 0.15) is 0 Å². The fraction of sp³-hybridized carbons (Fsp3) is 0.300. The van der Waals surface area contributed by atoms with Gasteiger partial charge in [-0.3, -0.25) is 14.9 Å². The Balaban J connectivity index is 2.61. The number of rotatable bonds is 5. The molecule has 0 bridgehead atoms. The van der Waals surface area contributed by atoms with Crippen LogP contribution in [0.25, 0.3) is 0 Å². The third kappa shape index (κ3) is 3.98. The molecule has 1 atom stereocenters. The summed E-state index contributed by atoms with van der Waals surface area (Å²) in [4.78, 5) is 20.2. The van der Waals surface area contributed by atoms with E-state index in [0.29, 0.717) is 6.42 Å². The molecule has 0 aliphatic carbocycles. The smallest absolute Gasteiger partial charge is 0.304 e. The average molecular weight is 288 g/mol. The van der Waals surface area contributed by atoms with Gasteiger partial charge in [0, 0.05) is 17.0 Å². The number of carboxylic acids is 1. The number of carboxylic acid groups (broad SMARTS) is 1. The SMILES string of the molecule is O=C(O)CC(Br)Cc1ccc([N+](=O)[O-])cc1. The Labute approximate surface area is 100 Å². The number of aliphatic carboxylic acids is 1. The number of nitro benzene ring substituents is 1. The molecule has 1 aromatic rings. The van der Waals surface area contributed by atoms with Crippen molar-refractivity contribution in [3.8, 4) is 0 Å². The zero-order valence-electron chi connectivity index (χ0n) is 8.30. The Hall–Kier alpha value is -1.43. The van der Waals surface area contributed by atoms with Gasteiger partial charge in [0.15, 0.2) is 0 Å². The summed E-state index contributed by atoms with van der Waals surface area (Å²) in [5, 5.41) is 19.0. The van der Waals surface area contributed by atoms with E-state index in [1.165, 1.54) is 12.1 Å². The summed E-state index contributed by atoms with van der Waals surface area (Å²) < 4.78 is 0. The fourth-order valence-electron chi connectivity index (χ4n) is 1.27. The molecule has 86 valence electrons. The van der Waals surface area contributed by atoms with Gasteiger partial charge in [0.2, 0.25) is 0 Å². The summed E-state index contributed by atoms with van der Waals surface area (Å²) >= 11 is 3.25. The summed E-state index contributed by atoms with van der Waals surface area (Å²) in [5.41, 5.74) is 0.904. The van der Waals surface area contributed by atoms with E-state index >= 15 is 0 Å². The van der Waals surface area contributed by atoms with Crippen molar-refractivity contribution in [2.75, 3.05) is 0 Å². The van der Waals surface area contributed by atoms with E-state index in [-0.39, 0.29) is 16.9 Å². The van der Waals surface area contributed by atoms with Crippen LogP contribution in [0.5, 0.6) is 0 Å². The number of nitro groups is 1. The Bertz CT molecular complexity index is 390. The van der Waals surface area contributed by atoms with Crippen LogP contribution in [0.3, 0.4) is 0 Å². The standard InChI is InChI=1S/C10H10BrNO4/c11-8(6-10(13)14)5-7-1-3-9(4-2-7)12(15)16/h1-4,8H,5-6H2,(H,13,14). The Morgan fingerprint density at radius 3 is 2.44 bits per heavy atom. The quantitative estimate of drug-likeness (QED) is 0.512. The number of hydrogen-bond acceptors (Lipinski definition) is 3. The van der Waals surface area contributed by atoms with Crippen molar-refractivity contribution < 1.29 is 14.8 Å². The second kappa shape index (κ2) is 5.60. The first-order chi connectivity index (χ1) is 7.49. The molecule has 0 saturated heterocycles. The third-order valence-corrected chi connectivity index (χ3v) is 2.65. The van der Waals surface area contributed by atoms with E-state index in [0.717, 1.165) is 5.56 Å². The number of benzene rings is 1. The second-order valence-electron chi connectivity index (χ2n) is 3.32. The van der Waals surface area contributed by atoms with Crippen LogP contribution >= 0.6 is 15.9 Å². The van der Waals surface area contributed by atoms with Crippen molar-refractivity contribution in [1.29, 1.82) is 0 Å². The maximum Gasteiger partial charge on any atom is 0.304 e. The lowest BCUT2D eigenvalue weighted by atomic mass is 10.1. The Morgan fingerprint density at radius 1 is 1.44 bits per heavy atom. The van der Waals surface area contributed by atoms with Crippen molar-refractivity contribution in [1.82, 2.24) is 0 Å². The molecule has 1 aromatic carbocycles. The van der Waals surface area contributed by atoms with Crippen LogP contribution in [0, 0.1) is 10.1 Å². The predicted molar refractivity (Wildman–Crippen MR) is 61.8 cm³/mol. The summed E-state index contributed by atoms with van der Waals surface area (Å²) in [6, 6.07) is 6.09. The third-order valence-electron chi connectivity index (χ3n) is 2.00. The minimum atomic E-state index is -0.871. The molecule has 1 rings (SSSR count). The molecule has 16 heavy (non-hydrogen) atoms. The molecule has 0 spiro atoms. The van der Waals surface area contributed by atoms with Gasteiger partial charge in [-0.25, -0.2) is 0 Å². The van der Waals surface area contributed by atoms with Crippen LogP contribution < -0.4 is 0 Å². The molecule has 0 aliphatic rings. The number of carbonyl (C=O) groups is 1. The summed E-state index contributed by atoms with van der Waals surface area (Å²) in [6.07, 6.45) is 0.557. The summed E-state index contributed by atoms with van der Waals surface area (Å²) in [5.74, 6) is -0.871. The molecule has 6 heteroatoms. The molecule has 0 amide bonds. The molecule has 0 fully saturated rings. The largest absolute Gasteiger partial charge is 0.481 e. The van der Waals surface area contributed by atoms with E-state index in [1.807, 2.05) is 0 Å². The highest BCUT2D eigenvalue weighted by molar-refractivity contribution is 9.09. The van der Waals surface area contributed by atoms with Gasteiger partial charge in [-0.05, 0) is 12.0 Å². The normalized spacial score (nSPS) is 12.1. The number of alkyl halides is 1. The fourth-order valence-corrected chi connectivity index (χ4v) is 1.92. The van der Waals surface area contributed by atoms with Crippen LogP contribution in [0.15, 0.2) is 24.3 Å². The van der Waals surface area contributed by atoms with Gasteiger partial charge in [0.25, 0.3) is 5.69 Å². The van der Waals surface area contributed by atoms with E-state index < -0.39 is 10.9 Å². The van der Waals surface area contributed by atoms with Crippen molar-refractivity contribution >= 4 is 27.6 Å². The van der Waals surface area contributed by atoms with Gasteiger partial charge in [-0.2, -0.15) is 0 Å². The predicted octanol–water partition coefficient (Wildman–Crippen LogP) is 2.38. The summed E-state index contributed by atoms with van der Waals surface area (Å²) in [6.45, 7) is 0. The van der Waals surface area contributed by atoms with Crippen LogP contribution in [0.1, 0.15) is 12.0 Å². The maximum atomic E-state index is 10.4. The van der Waals surface area contributed by atoms with E-state index in [2.05, 4.69) is 15.9 Å². The Kier molecular flexibility index (Phi) is 4.42. The molecule has 0 aliphatic heterocycles. The van der Waals surface area contributed by atoms with Crippen molar-refractivity contribution in [2.45, 2.75) is 17.7 Å². The van der Waals surface area contributed by atoms with Crippen LogP contribution in [-0.4, -0.2) is 20.8 Å². The van der Waals surface area contributed by atoms with Gasteiger partial charge in [-0.15, -0.1) is 0 Å². The van der Waals surface area contributed by atoms with Gasteiger partial charge < -0.3 is 5.11 Å². The maximum absolute atomic E-state index is 10.4. The number of nitrogens with zero attached hydrogens (tertiary/aromatic N) is 1. The van der Waals surface area contributed by atoms with E-state index in [4.69, 9.17) is 5.11 Å². The van der Waals surface area contributed by atoms with Crippen molar-refractivity contribution in [2.24, 2.45) is 0 Å². The molecule has 1 N–H and O–H groups in total. The zero-order valence-corrected chi connectivity index (χ0v) is 9.88. The summed E-state index contributed by atoms with van der Waals surface area (Å²) in [7, 11) is 0.